The number of unbranched alkanes of at least 4 members (excludes halogenated alkanes) is 2. The number of morpholine rings is 1. The lowest BCUT2D eigenvalue weighted by molar-refractivity contribution is 0.0314. The van der Waals surface area contributed by atoms with Gasteiger partial charge in [0.1, 0.15) is 11.3 Å². The Hall–Kier alpha value is -3.16. The van der Waals surface area contributed by atoms with Crippen molar-refractivity contribution in [2.24, 2.45) is 0 Å². The molecule has 1 aromatic heterocycles. The molecule has 1 atom stereocenters. The normalized spacial score (nSPS) is 18.3. The molecule has 7 nitrogen and oxygen atoms in total. The van der Waals surface area contributed by atoms with Gasteiger partial charge in [-0.2, -0.15) is 0 Å². The summed E-state index contributed by atoms with van der Waals surface area (Å²) in [6.45, 7) is 7.13. The Morgan fingerprint density at radius 1 is 0.971 bits per heavy atom. The first-order valence-electron chi connectivity index (χ1n) is 12.6. The quantitative estimate of drug-likeness (QED) is 0.430. The molecule has 35 heavy (non-hydrogen) atoms. The largest absolute Gasteiger partial charge is 0.494 e. The number of fused-ring (bicyclic) bond motifs is 2. The zero-order chi connectivity index (χ0) is 24.2. The summed E-state index contributed by atoms with van der Waals surface area (Å²) in [6.07, 6.45) is 3.31. The molecule has 0 N–H and O–H groups in total. The van der Waals surface area contributed by atoms with Crippen molar-refractivity contribution in [3.05, 3.63) is 75.6 Å². The van der Waals surface area contributed by atoms with Crippen LogP contribution in [-0.2, 0) is 4.74 Å². The van der Waals surface area contributed by atoms with E-state index in [2.05, 4.69) is 11.8 Å². The van der Waals surface area contributed by atoms with Crippen molar-refractivity contribution >= 4 is 16.9 Å². The van der Waals surface area contributed by atoms with E-state index in [-0.39, 0.29) is 17.1 Å². The van der Waals surface area contributed by atoms with E-state index >= 15 is 0 Å². The highest BCUT2D eigenvalue weighted by Crippen LogP contribution is 2.38. The number of hydrogen-bond donors (Lipinski definition) is 0. The van der Waals surface area contributed by atoms with Gasteiger partial charge >= 0.3 is 0 Å². The fourth-order valence-corrected chi connectivity index (χ4v) is 4.91. The monoisotopic (exact) mass is 476 g/mol. The molecule has 0 saturated carbocycles. The SMILES string of the molecule is CCCCCOc1ccc(C2c3c(oc4ccccc4c3=O)C(=O)N2CCN2CCOCC2)cc1. The topological polar surface area (TPSA) is 72.2 Å². The highest BCUT2D eigenvalue weighted by atomic mass is 16.5. The molecule has 3 aromatic rings. The first kappa shape index (κ1) is 23.6. The van der Waals surface area contributed by atoms with Crippen LogP contribution in [0.25, 0.3) is 11.0 Å². The van der Waals surface area contributed by atoms with E-state index in [1.807, 2.05) is 36.4 Å². The molecule has 1 saturated heterocycles. The lowest BCUT2D eigenvalue weighted by Crippen LogP contribution is -2.42. The third-order valence-electron chi connectivity index (χ3n) is 6.85. The molecule has 184 valence electrons. The summed E-state index contributed by atoms with van der Waals surface area (Å²) in [5.74, 6) is 0.710. The van der Waals surface area contributed by atoms with Crippen LogP contribution in [-0.4, -0.2) is 61.7 Å². The lowest BCUT2D eigenvalue weighted by Gasteiger charge is -2.31. The van der Waals surface area contributed by atoms with Crippen molar-refractivity contribution in [1.29, 1.82) is 0 Å². The van der Waals surface area contributed by atoms with Gasteiger partial charge in [-0.3, -0.25) is 14.5 Å². The molecule has 0 aliphatic carbocycles. The zero-order valence-corrected chi connectivity index (χ0v) is 20.2. The highest BCUT2D eigenvalue weighted by molar-refractivity contribution is 5.99. The Balaban J connectivity index is 1.47. The molecule has 0 radical (unpaired) electrons. The fraction of sp³-hybridized carbons (Fsp3) is 0.429. The summed E-state index contributed by atoms with van der Waals surface area (Å²) < 4.78 is 17.3. The van der Waals surface area contributed by atoms with E-state index < -0.39 is 6.04 Å². The van der Waals surface area contributed by atoms with E-state index in [0.29, 0.717) is 49.4 Å². The van der Waals surface area contributed by atoms with Crippen LogP contribution in [0.1, 0.15) is 53.9 Å². The predicted molar refractivity (Wildman–Crippen MR) is 134 cm³/mol. The van der Waals surface area contributed by atoms with Crippen LogP contribution in [0.15, 0.2) is 57.7 Å². The minimum atomic E-state index is -0.492. The van der Waals surface area contributed by atoms with E-state index in [9.17, 15) is 9.59 Å². The van der Waals surface area contributed by atoms with E-state index in [1.54, 1.807) is 17.0 Å². The van der Waals surface area contributed by atoms with Gasteiger partial charge in [0.15, 0.2) is 5.43 Å². The molecule has 2 aliphatic rings. The van der Waals surface area contributed by atoms with Crippen LogP contribution in [0.5, 0.6) is 5.75 Å². The number of carbonyl (C=O) groups is 1. The molecule has 1 amide bonds. The number of rotatable bonds is 9. The molecule has 1 fully saturated rings. The molecule has 3 heterocycles. The van der Waals surface area contributed by atoms with Gasteiger partial charge in [-0.15, -0.1) is 0 Å². The summed E-state index contributed by atoms with van der Waals surface area (Å²) in [5.41, 5.74) is 1.60. The van der Waals surface area contributed by atoms with Crippen molar-refractivity contribution in [3.63, 3.8) is 0 Å². The summed E-state index contributed by atoms with van der Waals surface area (Å²) in [4.78, 5) is 31.2. The van der Waals surface area contributed by atoms with Crippen LogP contribution in [0, 0.1) is 0 Å². The third-order valence-corrected chi connectivity index (χ3v) is 6.85. The van der Waals surface area contributed by atoms with Crippen molar-refractivity contribution in [1.82, 2.24) is 9.80 Å². The van der Waals surface area contributed by atoms with Crippen molar-refractivity contribution in [2.45, 2.75) is 32.2 Å². The van der Waals surface area contributed by atoms with Gasteiger partial charge in [-0.1, -0.05) is 44.0 Å². The minimum absolute atomic E-state index is 0.144. The first-order chi connectivity index (χ1) is 17.2. The number of carbonyl (C=O) groups excluding carboxylic acids is 1. The second-order valence-corrected chi connectivity index (χ2v) is 9.15. The number of benzene rings is 2. The van der Waals surface area contributed by atoms with Gasteiger partial charge in [0.2, 0.25) is 5.76 Å². The summed E-state index contributed by atoms with van der Waals surface area (Å²) >= 11 is 0. The van der Waals surface area contributed by atoms with Crippen LogP contribution >= 0.6 is 0 Å². The van der Waals surface area contributed by atoms with E-state index in [1.165, 1.54) is 0 Å². The van der Waals surface area contributed by atoms with Gasteiger partial charge in [-0.25, -0.2) is 0 Å². The summed E-state index contributed by atoms with van der Waals surface area (Å²) in [7, 11) is 0. The van der Waals surface area contributed by atoms with Crippen molar-refractivity contribution in [3.8, 4) is 5.75 Å². The predicted octanol–water partition coefficient (Wildman–Crippen LogP) is 4.24. The molecule has 7 heteroatoms. The van der Waals surface area contributed by atoms with Gasteiger partial charge in [0.05, 0.1) is 36.8 Å². The number of hydrogen-bond acceptors (Lipinski definition) is 6. The molecule has 0 bridgehead atoms. The van der Waals surface area contributed by atoms with E-state index in [4.69, 9.17) is 13.9 Å². The number of ether oxygens (including phenoxy) is 2. The summed E-state index contributed by atoms with van der Waals surface area (Å²) in [6, 6.07) is 14.4. The average molecular weight is 477 g/mol. The molecule has 2 aliphatic heterocycles. The fourth-order valence-electron chi connectivity index (χ4n) is 4.91. The molecular weight excluding hydrogens is 444 g/mol. The van der Waals surface area contributed by atoms with Gasteiger partial charge in [-0.05, 0) is 36.2 Å². The number of nitrogens with zero attached hydrogens (tertiary/aromatic N) is 2. The van der Waals surface area contributed by atoms with Crippen LogP contribution in [0.3, 0.4) is 0 Å². The molecule has 1 unspecified atom stereocenters. The van der Waals surface area contributed by atoms with E-state index in [0.717, 1.165) is 43.7 Å². The minimum Gasteiger partial charge on any atom is -0.494 e. The van der Waals surface area contributed by atoms with Gasteiger partial charge in [0, 0.05) is 26.2 Å². The molecule has 5 rings (SSSR count). The highest BCUT2D eigenvalue weighted by Gasteiger charge is 2.42. The lowest BCUT2D eigenvalue weighted by atomic mass is 9.98. The first-order valence-corrected chi connectivity index (χ1v) is 12.6. The Morgan fingerprint density at radius 2 is 1.74 bits per heavy atom. The molecular formula is C28H32N2O5. The van der Waals surface area contributed by atoms with Crippen LogP contribution in [0.4, 0.5) is 0 Å². The zero-order valence-electron chi connectivity index (χ0n) is 20.2. The Morgan fingerprint density at radius 3 is 2.51 bits per heavy atom. The maximum atomic E-state index is 13.6. The standard InChI is InChI=1S/C28H32N2O5/c1-2-3-6-17-34-21-11-9-20(10-12-21)25-24-26(31)22-7-4-5-8-23(22)35-27(24)28(32)30(25)14-13-29-15-18-33-19-16-29/h4-5,7-12,25H,2-3,6,13-19H2,1H3. The van der Waals surface area contributed by atoms with Gasteiger partial charge < -0.3 is 18.8 Å². The average Bonchev–Trinajstić information content (AvgIpc) is 3.18. The molecule has 0 spiro atoms. The maximum Gasteiger partial charge on any atom is 0.290 e. The van der Waals surface area contributed by atoms with Crippen molar-refractivity contribution < 1.29 is 18.7 Å². The Labute approximate surface area is 205 Å². The Kier molecular flexibility index (Phi) is 7.16. The smallest absolute Gasteiger partial charge is 0.290 e. The Bertz CT molecular complexity index is 1230. The van der Waals surface area contributed by atoms with Gasteiger partial charge in [0.25, 0.3) is 5.91 Å². The maximum absolute atomic E-state index is 13.6. The number of para-hydroxylation sites is 1. The van der Waals surface area contributed by atoms with Crippen molar-refractivity contribution in [2.75, 3.05) is 46.0 Å². The molecule has 2 aromatic carbocycles. The summed E-state index contributed by atoms with van der Waals surface area (Å²) in [5, 5.41) is 0.495. The second-order valence-electron chi connectivity index (χ2n) is 9.15. The third kappa shape index (κ3) is 4.83. The second kappa shape index (κ2) is 10.6. The van der Waals surface area contributed by atoms with Crippen LogP contribution < -0.4 is 10.2 Å². The van der Waals surface area contributed by atoms with Crippen LogP contribution in [0.2, 0.25) is 0 Å². The number of amides is 1.